The zero-order chi connectivity index (χ0) is 19.6. The van der Waals surface area contributed by atoms with Crippen molar-refractivity contribution in [2.45, 2.75) is 65.7 Å². The van der Waals surface area contributed by atoms with E-state index in [4.69, 9.17) is 9.47 Å². The van der Waals surface area contributed by atoms with Gasteiger partial charge >= 0.3 is 0 Å². The summed E-state index contributed by atoms with van der Waals surface area (Å²) in [6.07, 6.45) is 5.98. The lowest BCUT2D eigenvalue weighted by Gasteiger charge is -2.21. The number of methoxy groups -OCH3 is 1. The van der Waals surface area contributed by atoms with E-state index in [0.29, 0.717) is 5.92 Å². The molecule has 2 nitrogen and oxygen atoms in total. The van der Waals surface area contributed by atoms with E-state index in [1.807, 2.05) is 13.0 Å². The first kappa shape index (κ1) is 21.3. The van der Waals surface area contributed by atoms with Crippen LogP contribution in [-0.4, -0.2) is 13.7 Å². The van der Waals surface area contributed by atoms with Gasteiger partial charge in [-0.25, -0.2) is 0 Å². The molecule has 2 rings (SSSR count). The molecule has 2 aromatic carbocycles. The fraction of sp³-hybridized carbons (Fsp3) is 0.520. The molecule has 2 unspecified atom stereocenters. The van der Waals surface area contributed by atoms with Gasteiger partial charge in [-0.15, -0.1) is 0 Å². The summed E-state index contributed by atoms with van der Waals surface area (Å²) < 4.78 is 11.2. The van der Waals surface area contributed by atoms with Crippen LogP contribution in [0.15, 0.2) is 42.5 Å². The predicted molar refractivity (Wildman–Crippen MR) is 115 cm³/mol. The number of hydrogen-bond donors (Lipinski definition) is 0. The third-order valence-electron chi connectivity index (χ3n) is 5.49. The van der Waals surface area contributed by atoms with Crippen LogP contribution in [0.4, 0.5) is 0 Å². The lowest BCUT2D eigenvalue weighted by Crippen LogP contribution is -2.06. The van der Waals surface area contributed by atoms with Crippen LogP contribution in [0.3, 0.4) is 0 Å². The van der Waals surface area contributed by atoms with Gasteiger partial charge in [0.25, 0.3) is 0 Å². The predicted octanol–water partition coefficient (Wildman–Crippen LogP) is 6.95. The van der Waals surface area contributed by atoms with Crippen molar-refractivity contribution >= 4 is 0 Å². The minimum atomic E-state index is 0.626. The summed E-state index contributed by atoms with van der Waals surface area (Å²) in [6, 6.07) is 15.1. The maximum absolute atomic E-state index is 5.69. The van der Waals surface area contributed by atoms with Crippen molar-refractivity contribution < 1.29 is 9.47 Å². The average Bonchev–Trinajstić information content (AvgIpc) is 2.68. The number of rotatable bonds is 11. The number of aryl methyl sites for hydroxylation is 2. The molecule has 2 aromatic rings. The second-order valence-electron chi connectivity index (χ2n) is 7.61. The van der Waals surface area contributed by atoms with Crippen LogP contribution >= 0.6 is 0 Å². The summed E-state index contributed by atoms with van der Waals surface area (Å²) in [4.78, 5) is 0. The van der Waals surface area contributed by atoms with E-state index in [9.17, 15) is 0 Å². The SMILES string of the molecule is CCOc1ccc(C(CC)CC(C)CCCc2ccccc2OC)cc1C. The van der Waals surface area contributed by atoms with Crippen molar-refractivity contribution in [2.75, 3.05) is 13.7 Å². The second-order valence-corrected chi connectivity index (χ2v) is 7.61. The third kappa shape index (κ3) is 6.30. The molecule has 0 radical (unpaired) electrons. The largest absolute Gasteiger partial charge is 0.496 e. The van der Waals surface area contributed by atoms with E-state index in [1.165, 1.54) is 42.4 Å². The molecule has 148 valence electrons. The minimum Gasteiger partial charge on any atom is -0.496 e. The fourth-order valence-corrected chi connectivity index (χ4v) is 3.94. The zero-order valence-corrected chi connectivity index (χ0v) is 17.8. The summed E-state index contributed by atoms with van der Waals surface area (Å²) >= 11 is 0. The zero-order valence-electron chi connectivity index (χ0n) is 17.8. The molecule has 2 atom stereocenters. The van der Waals surface area contributed by atoms with Gasteiger partial charge in [0.15, 0.2) is 0 Å². The molecule has 0 heterocycles. The average molecular weight is 369 g/mol. The van der Waals surface area contributed by atoms with Crippen LogP contribution < -0.4 is 9.47 Å². The molecular weight excluding hydrogens is 332 g/mol. The van der Waals surface area contributed by atoms with Crippen LogP contribution in [-0.2, 0) is 6.42 Å². The van der Waals surface area contributed by atoms with Crippen LogP contribution in [0.2, 0.25) is 0 Å². The summed E-state index contributed by atoms with van der Waals surface area (Å²) in [7, 11) is 1.76. The van der Waals surface area contributed by atoms with Gasteiger partial charge < -0.3 is 9.47 Å². The Balaban J connectivity index is 1.89. The van der Waals surface area contributed by atoms with Gasteiger partial charge in [0.2, 0.25) is 0 Å². The fourth-order valence-electron chi connectivity index (χ4n) is 3.94. The lowest BCUT2D eigenvalue weighted by atomic mass is 9.85. The van der Waals surface area contributed by atoms with Gasteiger partial charge in [-0.1, -0.05) is 50.6 Å². The Hall–Kier alpha value is -1.96. The number of benzene rings is 2. The van der Waals surface area contributed by atoms with Gasteiger partial charge in [0.1, 0.15) is 11.5 Å². The van der Waals surface area contributed by atoms with E-state index in [1.54, 1.807) is 7.11 Å². The van der Waals surface area contributed by atoms with E-state index < -0.39 is 0 Å². The molecule has 0 amide bonds. The molecule has 27 heavy (non-hydrogen) atoms. The highest BCUT2D eigenvalue weighted by molar-refractivity contribution is 5.37. The van der Waals surface area contributed by atoms with Crippen molar-refractivity contribution in [1.82, 2.24) is 0 Å². The quantitative estimate of drug-likeness (QED) is 0.427. The highest BCUT2D eigenvalue weighted by Gasteiger charge is 2.15. The van der Waals surface area contributed by atoms with E-state index in [-0.39, 0.29) is 0 Å². The molecule has 0 N–H and O–H groups in total. The Morgan fingerprint density at radius 1 is 1.00 bits per heavy atom. The molecule has 0 aromatic heterocycles. The monoisotopic (exact) mass is 368 g/mol. The Morgan fingerprint density at radius 2 is 1.78 bits per heavy atom. The van der Waals surface area contributed by atoms with Gasteiger partial charge in [-0.05, 0) is 80.2 Å². The first-order valence-electron chi connectivity index (χ1n) is 10.4. The summed E-state index contributed by atoms with van der Waals surface area (Å²) in [5, 5.41) is 0. The molecule has 0 aliphatic rings. The Labute approximate surface area is 165 Å². The molecule has 0 saturated carbocycles. The third-order valence-corrected chi connectivity index (χ3v) is 5.49. The van der Waals surface area contributed by atoms with Gasteiger partial charge in [0.05, 0.1) is 13.7 Å². The molecule has 0 aliphatic carbocycles. The Morgan fingerprint density at radius 3 is 2.44 bits per heavy atom. The summed E-state index contributed by atoms with van der Waals surface area (Å²) in [6.45, 7) is 9.61. The molecule has 0 fully saturated rings. The van der Waals surface area contributed by atoms with Crippen LogP contribution in [0.1, 0.15) is 69.1 Å². The molecule has 0 bridgehead atoms. The van der Waals surface area contributed by atoms with E-state index in [0.717, 1.165) is 30.4 Å². The first-order chi connectivity index (χ1) is 13.1. The van der Waals surface area contributed by atoms with Crippen molar-refractivity contribution in [2.24, 2.45) is 5.92 Å². The van der Waals surface area contributed by atoms with Crippen LogP contribution in [0, 0.1) is 12.8 Å². The maximum Gasteiger partial charge on any atom is 0.122 e. The molecule has 0 aliphatic heterocycles. The van der Waals surface area contributed by atoms with Crippen molar-refractivity contribution in [3.05, 3.63) is 59.2 Å². The number of para-hydroxylation sites is 1. The van der Waals surface area contributed by atoms with Crippen molar-refractivity contribution in [1.29, 1.82) is 0 Å². The summed E-state index contributed by atoms with van der Waals surface area (Å²) in [5.74, 6) is 3.37. The smallest absolute Gasteiger partial charge is 0.122 e. The molecule has 2 heteroatoms. The normalized spacial score (nSPS) is 13.2. The highest BCUT2D eigenvalue weighted by Crippen LogP contribution is 2.32. The Bertz CT molecular complexity index is 692. The van der Waals surface area contributed by atoms with Crippen molar-refractivity contribution in [3.63, 3.8) is 0 Å². The summed E-state index contributed by atoms with van der Waals surface area (Å²) in [5.41, 5.74) is 4.02. The van der Waals surface area contributed by atoms with Crippen LogP contribution in [0.25, 0.3) is 0 Å². The second kappa shape index (κ2) is 11.0. The highest BCUT2D eigenvalue weighted by atomic mass is 16.5. The van der Waals surface area contributed by atoms with Gasteiger partial charge in [0, 0.05) is 0 Å². The first-order valence-corrected chi connectivity index (χ1v) is 10.4. The maximum atomic E-state index is 5.69. The van der Waals surface area contributed by atoms with E-state index >= 15 is 0 Å². The van der Waals surface area contributed by atoms with Crippen molar-refractivity contribution in [3.8, 4) is 11.5 Å². The molecule has 0 spiro atoms. The molecule has 0 saturated heterocycles. The molecular formula is C25H36O2. The minimum absolute atomic E-state index is 0.626. The number of hydrogen-bond acceptors (Lipinski definition) is 2. The number of ether oxygens (including phenoxy) is 2. The topological polar surface area (TPSA) is 18.5 Å². The Kier molecular flexibility index (Phi) is 8.71. The van der Waals surface area contributed by atoms with Crippen LogP contribution in [0.5, 0.6) is 11.5 Å². The standard InChI is InChI=1S/C25H36O2/c1-6-21(23-15-16-24(27-7-2)20(4)18-23)17-19(3)11-10-13-22-12-8-9-14-25(22)26-5/h8-9,12,14-16,18-19,21H,6-7,10-11,13,17H2,1-5H3. The van der Waals surface area contributed by atoms with Gasteiger partial charge in [-0.3, -0.25) is 0 Å². The van der Waals surface area contributed by atoms with E-state index in [2.05, 4.69) is 57.2 Å². The van der Waals surface area contributed by atoms with Gasteiger partial charge in [-0.2, -0.15) is 0 Å². The lowest BCUT2D eigenvalue weighted by molar-refractivity contribution is 0.337.